The summed E-state index contributed by atoms with van der Waals surface area (Å²) < 4.78 is 7.00. The molecular formula is C14H20NO2+. The van der Waals surface area contributed by atoms with Gasteiger partial charge in [0.15, 0.2) is 6.20 Å². The van der Waals surface area contributed by atoms with Gasteiger partial charge in [-0.15, -0.1) is 0 Å². The van der Waals surface area contributed by atoms with Crippen LogP contribution in [0.3, 0.4) is 0 Å². The Labute approximate surface area is 103 Å². The zero-order valence-electron chi connectivity index (χ0n) is 10.6. The highest BCUT2D eigenvalue weighted by molar-refractivity contribution is 5.91. The largest absolute Gasteiger partial charge is 0.399 e. The van der Waals surface area contributed by atoms with Gasteiger partial charge >= 0.3 is 12.2 Å². The van der Waals surface area contributed by atoms with E-state index >= 15 is 0 Å². The van der Waals surface area contributed by atoms with Gasteiger partial charge in [0.2, 0.25) is 0 Å². The van der Waals surface area contributed by atoms with Gasteiger partial charge in [0, 0.05) is 0 Å². The number of allylic oxidation sites excluding steroid dienone is 2. The molecule has 0 saturated heterocycles. The van der Waals surface area contributed by atoms with E-state index in [0.29, 0.717) is 5.57 Å². The topological polar surface area (TPSA) is 29.3 Å². The van der Waals surface area contributed by atoms with Gasteiger partial charge < -0.3 is 4.74 Å². The molecule has 3 heteroatoms. The molecule has 0 bridgehead atoms. The minimum absolute atomic E-state index is 0.155. The van der Waals surface area contributed by atoms with E-state index in [2.05, 4.69) is 13.3 Å². The summed E-state index contributed by atoms with van der Waals surface area (Å²) in [5, 5.41) is 0. The van der Waals surface area contributed by atoms with E-state index in [0.717, 1.165) is 12.8 Å². The molecule has 0 aromatic rings. The number of hydrogen-bond acceptors (Lipinski definition) is 2. The molecule has 0 aromatic carbocycles. The SMILES string of the molecule is C=C[N+](=C)C(OC(=O)C1=CCCC=C1)C(C)C. The fraction of sp³-hybridized carbons (Fsp3) is 0.429. The molecule has 1 aliphatic rings. The van der Waals surface area contributed by atoms with E-state index in [1.54, 1.807) is 10.8 Å². The molecule has 0 heterocycles. The van der Waals surface area contributed by atoms with Crippen molar-refractivity contribution in [1.29, 1.82) is 0 Å². The molecule has 0 amide bonds. The summed E-state index contributed by atoms with van der Waals surface area (Å²) in [6.07, 6.45) is 8.75. The monoisotopic (exact) mass is 234 g/mol. The van der Waals surface area contributed by atoms with Gasteiger partial charge in [-0.2, -0.15) is 4.58 Å². The molecule has 3 nitrogen and oxygen atoms in total. The second-order valence-electron chi connectivity index (χ2n) is 4.38. The zero-order valence-corrected chi connectivity index (χ0v) is 10.6. The van der Waals surface area contributed by atoms with Crippen LogP contribution in [0.4, 0.5) is 0 Å². The molecular weight excluding hydrogens is 214 g/mol. The third-order valence-electron chi connectivity index (χ3n) is 2.59. The van der Waals surface area contributed by atoms with Crippen LogP contribution in [-0.4, -0.2) is 23.5 Å². The number of nitrogens with zero attached hydrogens (tertiary/aromatic N) is 1. The van der Waals surface area contributed by atoms with Crippen molar-refractivity contribution in [2.24, 2.45) is 5.92 Å². The third kappa shape index (κ3) is 3.70. The number of carbonyl (C=O) groups excluding carboxylic acids is 1. The molecule has 1 atom stereocenters. The molecule has 0 fully saturated rings. The fourth-order valence-corrected chi connectivity index (χ4v) is 1.63. The summed E-state index contributed by atoms with van der Waals surface area (Å²) in [6, 6.07) is 0. The van der Waals surface area contributed by atoms with Crippen LogP contribution in [0.2, 0.25) is 0 Å². The summed E-state index contributed by atoms with van der Waals surface area (Å²) in [5.74, 6) is -0.141. The van der Waals surface area contributed by atoms with Crippen molar-refractivity contribution in [2.45, 2.75) is 32.9 Å². The maximum atomic E-state index is 11.9. The number of hydrogen-bond donors (Lipinski definition) is 0. The summed E-state index contributed by atoms with van der Waals surface area (Å²) in [4.78, 5) is 11.9. The number of rotatable bonds is 5. The van der Waals surface area contributed by atoms with E-state index in [1.165, 1.54) is 0 Å². The Hall–Kier alpha value is -1.64. The molecule has 1 aliphatic carbocycles. The lowest BCUT2D eigenvalue weighted by molar-refractivity contribution is -0.550. The normalized spacial score (nSPS) is 16.3. The van der Waals surface area contributed by atoms with Crippen LogP contribution in [0, 0.1) is 5.92 Å². The van der Waals surface area contributed by atoms with Crippen molar-refractivity contribution in [1.82, 2.24) is 0 Å². The maximum absolute atomic E-state index is 11.9. The zero-order chi connectivity index (χ0) is 12.8. The lowest BCUT2D eigenvalue weighted by atomic mass is 10.1. The molecule has 0 aromatic heterocycles. The minimum Gasteiger partial charge on any atom is -0.399 e. The van der Waals surface area contributed by atoms with Crippen molar-refractivity contribution in [2.75, 3.05) is 0 Å². The van der Waals surface area contributed by atoms with Crippen LogP contribution in [0.15, 0.2) is 36.6 Å². The Morgan fingerprint density at radius 3 is 2.71 bits per heavy atom. The smallest absolute Gasteiger partial charge is 0.342 e. The fourth-order valence-electron chi connectivity index (χ4n) is 1.63. The number of ether oxygens (including phenoxy) is 1. The molecule has 0 aliphatic heterocycles. The van der Waals surface area contributed by atoms with E-state index in [-0.39, 0.29) is 18.1 Å². The average molecular weight is 234 g/mol. The van der Waals surface area contributed by atoms with Gasteiger partial charge in [-0.3, -0.25) is 0 Å². The predicted molar refractivity (Wildman–Crippen MR) is 68.8 cm³/mol. The Morgan fingerprint density at radius 1 is 1.53 bits per heavy atom. The van der Waals surface area contributed by atoms with Crippen LogP contribution in [-0.2, 0) is 9.53 Å². The second-order valence-corrected chi connectivity index (χ2v) is 4.38. The maximum Gasteiger partial charge on any atom is 0.342 e. The van der Waals surface area contributed by atoms with Crippen LogP contribution < -0.4 is 0 Å². The first-order chi connectivity index (χ1) is 8.06. The van der Waals surface area contributed by atoms with Gasteiger partial charge in [0.1, 0.15) is 6.72 Å². The van der Waals surface area contributed by atoms with Gasteiger partial charge in [0.05, 0.1) is 11.5 Å². The molecule has 0 saturated carbocycles. The number of carbonyl (C=O) groups is 1. The van der Waals surface area contributed by atoms with Crippen LogP contribution >= 0.6 is 0 Å². The molecule has 92 valence electrons. The Balaban J connectivity index is 2.70. The van der Waals surface area contributed by atoms with Crippen molar-refractivity contribution in [3.8, 4) is 0 Å². The summed E-state index contributed by atoms with van der Waals surface area (Å²) in [6.45, 7) is 11.4. The Bertz CT molecular complexity index is 378. The van der Waals surface area contributed by atoms with Crippen LogP contribution in [0.1, 0.15) is 26.7 Å². The highest BCUT2D eigenvalue weighted by Crippen LogP contribution is 2.15. The standard InChI is InChI=1S/C14H20NO2/c1-5-15(4)13(11(2)3)17-14(16)12-9-7-6-8-10-12/h5,7,9-11,13H,1,4,6,8H2,2-3H3/q+1. The highest BCUT2D eigenvalue weighted by Gasteiger charge is 2.27. The first-order valence-electron chi connectivity index (χ1n) is 5.85. The van der Waals surface area contributed by atoms with E-state index in [1.807, 2.05) is 32.1 Å². The van der Waals surface area contributed by atoms with Crippen molar-refractivity contribution >= 4 is 12.7 Å². The van der Waals surface area contributed by atoms with E-state index in [9.17, 15) is 4.79 Å². The predicted octanol–water partition coefficient (Wildman–Crippen LogP) is 2.64. The third-order valence-corrected chi connectivity index (χ3v) is 2.59. The van der Waals surface area contributed by atoms with Gasteiger partial charge in [-0.05, 0) is 19.4 Å². The lowest BCUT2D eigenvalue weighted by Crippen LogP contribution is -2.32. The number of esters is 1. The molecule has 1 unspecified atom stereocenters. The first kappa shape index (κ1) is 13.4. The van der Waals surface area contributed by atoms with Crippen molar-refractivity contribution in [3.05, 3.63) is 36.6 Å². The van der Waals surface area contributed by atoms with E-state index < -0.39 is 0 Å². The highest BCUT2D eigenvalue weighted by atomic mass is 16.6. The van der Waals surface area contributed by atoms with Crippen LogP contribution in [0.25, 0.3) is 0 Å². The lowest BCUT2D eigenvalue weighted by Gasteiger charge is -2.17. The van der Waals surface area contributed by atoms with Crippen LogP contribution in [0.5, 0.6) is 0 Å². The molecule has 0 N–H and O–H groups in total. The summed E-state index contributed by atoms with van der Waals surface area (Å²) in [5.41, 5.74) is 0.624. The summed E-state index contributed by atoms with van der Waals surface area (Å²) >= 11 is 0. The second kappa shape index (κ2) is 6.18. The molecule has 0 radical (unpaired) electrons. The average Bonchev–Trinajstić information content (AvgIpc) is 2.35. The minimum atomic E-state index is -0.378. The van der Waals surface area contributed by atoms with Gasteiger partial charge in [-0.1, -0.05) is 32.1 Å². The summed E-state index contributed by atoms with van der Waals surface area (Å²) in [7, 11) is 0. The van der Waals surface area contributed by atoms with Gasteiger partial charge in [-0.25, -0.2) is 4.79 Å². The molecule has 17 heavy (non-hydrogen) atoms. The Kier molecular flexibility index (Phi) is 4.88. The van der Waals surface area contributed by atoms with Crippen molar-refractivity contribution < 1.29 is 14.1 Å². The first-order valence-corrected chi connectivity index (χ1v) is 5.85. The molecule has 1 rings (SSSR count). The van der Waals surface area contributed by atoms with Gasteiger partial charge in [0.25, 0.3) is 0 Å². The van der Waals surface area contributed by atoms with Crippen molar-refractivity contribution in [3.63, 3.8) is 0 Å². The van der Waals surface area contributed by atoms with E-state index in [4.69, 9.17) is 4.74 Å². The molecule has 0 spiro atoms. The Morgan fingerprint density at radius 2 is 2.24 bits per heavy atom. The quantitative estimate of drug-likeness (QED) is 0.317.